The normalized spacial score (nSPS) is 27.8. The van der Waals surface area contributed by atoms with Crippen LogP contribution in [0.1, 0.15) is 27.2 Å². The van der Waals surface area contributed by atoms with E-state index in [-0.39, 0.29) is 13.1 Å². The van der Waals surface area contributed by atoms with Crippen molar-refractivity contribution in [3.05, 3.63) is 0 Å². The standard InChI is InChI=1S/C12H17NO5/c1-12(2,3)18-11(16)13-5-7-4-8(6-13)10(15)17-9(7)14/h7-8H,4-6H2,1-3H3/t7-,8?/m1/s1. The summed E-state index contributed by atoms with van der Waals surface area (Å²) in [5, 5.41) is 0. The van der Waals surface area contributed by atoms with Crippen LogP contribution in [0.4, 0.5) is 4.79 Å². The molecule has 0 aromatic heterocycles. The fourth-order valence-corrected chi connectivity index (χ4v) is 2.18. The van der Waals surface area contributed by atoms with Gasteiger partial charge in [-0.05, 0) is 27.2 Å². The van der Waals surface area contributed by atoms with Gasteiger partial charge in [0, 0.05) is 13.1 Å². The van der Waals surface area contributed by atoms with E-state index < -0.39 is 35.5 Å². The number of hydrogen-bond acceptors (Lipinski definition) is 5. The molecule has 0 saturated carbocycles. The number of nitrogens with zero attached hydrogens (tertiary/aromatic N) is 1. The highest BCUT2D eigenvalue weighted by atomic mass is 16.6. The number of piperidine rings is 1. The van der Waals surface area contributed by atoms with Crippen LogP contribution in [0, 0.1) is 11.8 Å². The van der Waals surface area contributed by atoms with Gasteiger partial charge in [0.05, 0.1) is 11.8 Å². The topological polar surface area (TPSA) is 72.9 Å². The molecule has 2 rings (SSSR count). The lowest BCUT2D eigenvalue weighted by Gasteiger charge is -2.38. The van der Waals surface area contributed by atoms with Gasteiger partial charge >= 0.3 is 18.0 Å². The van der Waals surface area contributed by atoms with Crippen molar-refractivity contribution in [1.82, 2.24) is 4.90 Å². The first-order valence-electron chi connectivity index (χ1n) is 6.00. The van der Waals surface area contributed by atoms with E-state index in [2.05, 4.69) is 4.74 Å². The van der Waals surface area contributed by atoms with Crippen LogP contribution in [0.25, 0.3) is 0 Å². The molecule has 0 aromatic carbocycles. The first kappa shape index (κ1) is 12.9. The van der Waals surface area contributed by atoms with Gasteiger partial charge in [0.15, 0.2) is 0 Å². The molecule has 0 N–H and O–H groups in total. The molecule has 2 aliphatic heterocycles. The van der Waals surface area contributed by atoms with E-state index in [1.165, 1.54) is 4.90 Å². The summed E-state index contributed by atoms with van der Waals surface area (Å²) in [6.45, 7) is 5.84. The van der Waals surface area contributed by atoms with Crippen LogP contribution in [-0.2, 0) is 19.1 Å². The average molecular weight is 255 g/mol. The van der Waals surface area contributed by atoms with Gasteiger partial charge in [-0.25, -0.2) is 4.79 Å². The summed E-state index contributed by atoms with van der Waals surface area (Å²) in [5.41, 5.74) is -0.589. The van der Waals surface area contributed by atoms with E-state index in [0.29, 0.717) is 6.42 Å². The number of cyclic esters (lactones) is 2. The van der Waals surface area contributed by atoms with Crippen molar-refractivity contribution in [3.8, 4) is 0 Å². The Kier molecular flexibility index (Phi) is 3.04. The summed E-state index contributed by atoms with van der Waals surface area (Å²) in [7, 11) is 0. The van der Waals surface area contributed by atoms with Gasteiger partial charge in [-0.1, -0.05) is 0 Å². The van der Waals surface area contributed by atoms with E-state index in [0.717, 1.165) is 0 Å². The number of hydrogen-bond donors (Lipinski definition) is 0. The summed E-state index contributed by atoms with van der Waals surface area (Å²) in [6, 6.07) is 0. The van der Waals surface area contributed by atoms with Crippen molar-refractivity contribution >= 4 is 18.0 Å². The molecular weight excluding hydrogens is 238 g/mol. The predicted molar refractivity (Wildman–Crippen MR) is 60.5 cm³/mol. The summed E-state index contributed by atoms with van der Waals surface area (Å²) < 4.78 is 9.86. The summed E-state index contributed by atoms with van der Waals surface area (Å²) in [6.07, 6.45) is -0.0172. The molecule has 0 radical (unpaired) electrons. The van der Waals surface area contributed by atoms with E-state index in [4.69, 9.17) is 4.74 Å². The average Bonchev–Trinajstić information content (AvgIpc) is 2.24. The second kappa shape index (κ2) is 4.26. The maximum Gasteiger partial charge on any atom is 0.410 e. The fraction of sp³-hybridized carbons (Fsp3) is 0.750. The SMILES string of the molecule is CC(C)(C)OC(=O)N1CC2C[C@H](C1)C(=O)OC2=O. The first-order valence-corrected chi connectivity index (χ1v) is 6.00. The molecule has 2 heterocycles. The second-order valence-electron chi connectivity index (χ2n) is 5.76. The summed E-state index contributed by atoms with van der Waals surface area (Å²) >= 11 is 0. The number of rotatable bonds is 0. The molecule has 1 unspecified atom stereocenters. The number of fused-ring (bicyclic) bond motifs is 2. The lowest BCUT2D eigenvalue weighted by molar-refractivity contribution is -0.176. The zero-order valence-electron chi connectivity index (χ0n) is 10.8. The Balaban J connectivity index is 2.06. The highest BCUT2D eigenvalue weighted by Gasteiger charge is 2.44. The lowest BCUT2D eigenvalue weighted by atomic mass is 9.87. The number of esters is 2. The minimum atomic E-state index is -0.589. The van der Waals surface area contributed by atoms with Crippen LogP contribution in [0.2, 0.25) is 0 Å². The van der Waals surface area contributed by atoms with Gasteiger partial charge < -0.3 is 14.4 Å². The zero-order chi connectivity index (χ0) is 13.5. The Hall–Kier alpha value is -1.59. The van der Waals surface area contributed by atoms with Crippen molar-refractivity contribution in [3.63, 3.8) is 0 Å². The molecule has 2 saturated heterocycles. The van der Waals surface area contributed by atoms with Gasteiger partial charge in [-0.3, -0.25) is 9.59 Å². The minimum absolute atomic E-state index is 0.261. The van der Waals surface area contributed by atoms with Gasteiger partial charge in [0.2, 0.25) is 0 Å². The first-order chi connectivity index (χ1) is 8.26. The van der Waals surface area contributed by atoms with Crippen molar-refractivity contribution in [2.24, 2.45) is 11.8 Å². The molecule has 18 heavy (non-hydrogen) atoms. The monoisotopic (exact) mass is 255 g/mol. The highest BCUT2D eigenvalue weighted by Crippen LogP contribution is 2.29. The molecule has 1 amide bonds. The van der Waals surface area contributed by atoms with E-state index in [1.54, 1.807) is 20.8 Å². The number of ether oxygens (including phenoxy) is 2. The number of amides is 1. The third-order valence-electron chi connectivity index (χ3n) is 2.97. The van der Waals surface area contributed by atoms with E-state index in [1.807, 2.05) is 0 Å². The maximum absolute atomic E-state index is 11.9. The summed E-state index contributed by atoms with van der Waals surface area (Å²) in [5.74, 6) is -1.89. The Labute approximate surface area is 105 Å². The Morgan fingerprint density at radius 1 is 1.22 bits per heavy atom. The molecule has 0 aliphatic carbocycles. The number of likely N-dealkylation sites (tertiary alicyclic amines) is 1. The Morgan fingerprint density at radius 2 is 1.72 bits per heavy atom. The molecule has 2 aliphatic rings. The molecule has 2 fully saturated rings. The molecule has 0 spiro atoms. The fourth-order valence-electron chi connectivity index (χ4n) is 2.18. The van der Waals surface area contributed by atoms with Crippen LogP contribution in [0.5, 0.6) is 0 Å². The van der Waals surface area contributed by atoms with Gasteiger partial charge in [0.25, 0.3) is 0 Å². The molecule has 2 bridgehead atoms. The van der Waals surface area contributed by atoms with Crippen molar-refractivity contribution in [2.45, 2.75) is 32.8 Å². The van der Waals surface area contributed by atoms with Crippen molar-refractivity contribution < 1.29 is 23.9 Å². The Bertz CT molecular complexity index is 376. The van der Waals surface area contributed by atoms with E-state index in [9.17, 15) is 14.4 Å². The zero-order valence-corrected chi connectivity index (χ0v) is 10.8. The number of carbonyl (C=O) groups is 3. The van der Waals surface area contributed by atoms with Crippen LogP contribution in [0.15, 0.2) is 0 Å². The molecule has 6 heteroatoms. The predicted octanol–water partition coefficient (Wildman–Crippen LogP) is 0.943. The lowest BCUT2D eigenvalue weighted by Crippen LogP contribution is -2.53. The Morgan fingerprint density at radius 3 is 2.17 bits per heavy atom. The maximum atomic E-state index is 11.9. The summed E-state index contributed by atoms with van der Waals surface area (Å²) in [4.78, 5) is 36.2. The van der Waals surface area contributed by atoms with Gasteiger partial charge in [-0.15, -0.1) is 0 Å². The van der Waals surface area contributed by atoms with Crippen LogP contribution < -0.4 is 0 Å². The smallest absolute Gasteiger partial charge is 0.410 e. The molecule has 100 valence electrons. The van der Waals surface area contributed by atoms with Crippen LogP contribution >= 0.6 is 0 Å². The van der Waals surface area contributed by atoms with E-state index >= 15 is 0 Å². The molecule has 0 aromatic rings. The highest BCUT2D eigenvalue weighted by molar-refractivity contribution is 5.92. The van der Waals surface area contributed by atoms with Crippen molar-refractivity contribution in [1.29, 1.82) is 0 Å². The van der Waals surface area contributed by atoms with Gasteiger partial charge in [0.1, 0.15) is 5.60 Å². The van der Waals surface area contributed by atoms with Gasteiger partial charge in [-0.2, -0.15) is 0 Å². The molecular formula is C12H17NO5. The minimum Gasteiger partial charge on any atom is -0.444 e. The largest absolute Gasteiger partial charge is 0.444 e. The van der Waals surface area contributed by atoms with Crippen LogP contribution in [-0.4, -0.2) is 41.6 Å². The third kappa shape index (κ3) is 2.63. The van der Waals surface area contributed by atoms with Crippen LogP contribution in [0.3, 0.4) is 0 Å². The van der Waals surface area contributed by atoms with Crippen molar-refractivity contribution in [2.75, 3.05) is 13.1 Å². The number of carbonyl (C=O) groups excluding carboxylic acids is 3. The molecule has 2 atom stereocenters. The molecule has 6 nitrogen and oxygen atoms in total. The quantitative estimate of drug-likeness (QED) is 0.476. The third-order valence-corrected chi connectivity index (χ3v) is 2.97. The second-order valence-corrected chi connectivity index (χ2v) is 5.76.